The van der Waals surface area contributed by atoms with Crippen LogP contribution in [0.25, 0.3) is 11.1 Å². The maximum atomic E-state index is 11.2. The maximum absolute atomic E-state index is 11.2. The molecule has 128 valence electrons. The second-order valence-corrected chi connectivity index (χ2v) is 6.48. The van der Waals surface area contributed by atoms with Gasteiger partial charge in [-0.15, -0.1) is 0 Å². The fourth-order valence-corrected chi connectivity index (χ4v) is 2.52. The second kappa shape index (κ2) is 8.48. The number of carbonyl (C=O) groups is 1. The number of amides is 1. The Balaban J connectivity index is 2.07. The quantitative estimate of drug-likeness (QED) is 0.741. The van der Waals surface area contributed by atoms with Gasteiger partial charge >= 0.3 is 0 Å². The number of nitrogens with one attached hydrogen (secondary N) is 1. The van der Waals surface area contributed by atoms with E-state index in [0.29, 0.717) is 11.7 Å². The van der Waals surface area contributed by atoms with E-state index in [9.17, 15) is 4.79 Å². The highest BCUT2D eigenvalue weighted by Crippen LogP contribution is 2.27. The molecule has 1 N–H and O–H groups in total. The molecule has 0 saturated heterocycles. The molecule has 0 saturated carbocycles. The molecular formula is C20H26N2O2. The summed E-state index contributed by atoms with van der Waals surface area (Å²) in [6.45, 7) is 8.73. The summed E-state index contributed by atoms with van der Waals surface area (Å²) in [5.41, 5.74) is 3.20. The third-order valence-corrected chi connectivity index (χ3v) is 3.76. The molecule has 0 radical (unpaired) electrons. The van der Waals surface area contributed by atoms with Gasteiger partial charge in [-0.1, -0.05) is 19.9 Å². The molecule has 2 rings (SSSR count). The van der Waals surface area contributed by atoms with Crippen molar-refractivity contribution in [3.05, 3.63) is 42.1 Å². The SMILES string of the molecule is CC(=O)Nc1cc(-c2ccc(OCCCC(C)C)c(C)c2)ccn1. The van der Waals surface area contributed by atoms with Gasteiger partial charge in [0.1, 0.15) is 11.6 Å². The van der Waals surface area contributed by atoms with Crippen LogP contribution in [0.5, 0.6) is 5.75 Å². The van der Waals surface area contributed by atoms with E-state index in [0.717, 1.165) is 35.5 Å². The number of carbonyl (C=O) groups excluding carboxylic acids is 1. The zero-order valence-electron chi connectivity index (χ0n) is 14.9. The van der Waals surface area contributed by atoms with Crippen molar-refractivity contribution in [1.82, 2.24) is 4.98 Å². The Labute approximate surface area is 144 Å². The summed E-state index contributed by atoms with van der Waals surface area (Å²) < 4.78 is 5.89. The van der Waals surface area contributed by atoms with Crippen LogP contribution in [0.3, 0.4) is 0 Å². The number of anilines is 1. The molecule has 0 fully saturated rings. The molecule has 0 aliphatic rings. The van der Waals surface area contributed by atoms with Crippen molar-refractivity contribution in [3.63, 3.8) is 0 Å². The molecule has 0 atom stereocenters. The molecule has 4 nitrogen and oxygen atoms in total. The maximum Gasteiger partial charge on any atom is 0.222 e. The average Bonchev–Trinajstić information content (AvgIpc) is 2.52. The van der Waals surface area contributed by atoms with Gasteiger partial charge in [0.25, 0.3) is 0 Å². The van der Waals surface area contributed by atoms with Crippen molar-refractivity contribution >= 4 is 11.7 Å². The van der Waals surface area contributed by atoms with Gasteiger partial charge in [-0.2, -0.15) is 0 Å². The lowest BCUT2D eigenvalue weighted by Gasteiger charge is -2.12. The van der Waals surface area contributed by atoms with Crippen molar-refractivity contribution in [1.29, 1.82) is 0 Å². The Bertz CT molecular complexity index is 696. The number of pyridine rings is 1. The molecular weight excluding hydrogens is 300 g/mol. The van der Waals surface area contributed by atoms with Crippen LogP contribution < -0.4 is 10.1 Å². The fraction of sp³-hybridized carbons (Fsp3) is 0.400. The Morgan fingerprint density at radius 3 is 2.62 bits per heavy atom. The topological polar surface area (TPSA) is 51.2 Å². The standard InChI is InChI=1S/C20H26N2O2/c1-14(2)6-5-11-24-19-8-7-17(12-15(19)3)18-9-10-21-20(13-18)22-16(4)23/h7-10,12-14H,5-6,11H2,1-4H3,(H,21,22,23). The lowest BCUT2D eigenvalue weighted by atomic mass is 10.0. The molecule has 0 aliphatic carbocycles. The third-order valence-electron chi connectivity index (χ3n) is 3.76. The van der Waals surface area contributed by atoms with E-state index in [4.69, 9.17) is 4.74 Å². The van der Waals surface area contributed by atoms with Crippen LogP contribution in [0.1, 0.15) is 39.2 Å². The third kappa shape index (κ3) is 5.37. The van der Waals surface area contributed by atoms with E-state index in [2.05, 4.69) is 37.1 Å². The predicted molar refractivity (Wildman–Crippen MR) is 98.3 cm³/mol. The lowest BCUT2D eigenvalue weighted by Crippen LogP contribution is -2.07. The van der Waals surface area contributed by atoms with Gasteiger partial charge in [-0.25, -0.2) is 4.98 Å². The minimum atomic E-state index is -0.124. The molecule has 0 spiro atoms. The second-order valence-electron chi connectivity index (χ2n) is 6.48. The predicted octanol–water partition coefficient (Wildman–Crippen LogP) is 4.83. The normalized spacial score (nSPS) is 10.7. The summed E-state index contributed by atoms with van der Waals surface area (Å²) in [6, 6.07) is 9.96. The number of nitrogens with zero attached hydrogens (tertiary/aromatic N) is 1. The first-order valence-corrected chi connectivity index (χ1v) is 8.43. The first-order valence-electron chi connectivity index (χ1n) is 8.43. The minimum Gasteiger partial charge on any atom is -0.493 e. The van der Waals surface area contributed by atoms with Crippen molar-refractivity contribution in [2.24, 2.45) is 5.92 Å². The summed E-state index contributed by atoms with van der Waals surface area (Å²) in [7, 11) is 0. The van der Waals surface area contributed by atoms with E-state index >= 15 is 0 Å². The van der Waals surface area contributed by atoms with E-state index in [1.165, 1.54) is 13.3 Å². The Hall–Kier alpha value is -2.36. The van der Waals surface area contributed by atoms with E-state index in [1.54, 1.807) is 6.20 Å². The van der Waals surface area contributed by atoms with Crippen LogP contribution in [0.2, 0.25) is 0 Å². The molecule has 4 heteroatoms. The van der Waals surface area contributed by atoms with Crippen LogP contribution in [0, 0.1) is 12.8 Å². The van der Waals surface area contributed by atoms with Gasteiger partial charge in [0.15, 0.2) is 0 Å². The van der Waals surface area contributed by atoms with Crippen LogP contribution in [0.15, 0.2) is 36.5 Å². The summed E-state index contributed by atoms with van der Waals surface area (Å²) >= 11 is 0. The van der Waals surface area contributed by atoms with Gasteiger partial charge in [0.2, 0.25) is 5.91 Å². The molecule has 0 bridgehead atoms. The monoisotopic (exact) mass is 326 g/mol. The lowest BCUT2D eigenvalue weighted by molar-refractivity contribution is -0.114. The van der Waals surface area contributed by atoms with E-state index in [-0.39, 0.29) is 5.91 Å². The molecule has 2 aromatic rings. The number of ether oxygens (including phenoxy) is 1. The number of hydrogen-bond donors (Lipinski definition) is 1. The number of rotatable bonds is 7. The van der Waals surface area contributed by atoms with Crippen LogP contribution >= 0.6 is 0 Å². The van der Waals surface area contributed by atoms with Crippen LogP contribution in [-0.2, 0) is 4.79 Å². The Kier molecular flexibility index (Phi) is 6.36. The first kappa shape index (κ1) is 18.0. The molecule has 0 aliphatic heterocycles. The highest BCUT2D eigenvalue weighted by Gasteiger charge is 2.06. The number of hydrogen-bond acceptors (Lipinski definition) is 3. The Morgan fingerprint density at radius 1 is 1.21 bits per heavy atom. The smallest absolute Gasteiger partial charge is 0.222 e. The molecule has 1 amide bonds. The molecule has 1 aromatic carbocycles. The van der Waals surface area contributed by atoms with E-state index in [1.807, 2.05) is 24.3 Å². The molecule has 0 unspecified atom stereocenters. The van der Waals surface area contributed by atoms with E-state index < -0.39 is 0 Å². The highest BCUT2D eigenvalue weighted by atomic mass is 16.5. The number of aromatic nitrogens is 1. The zero-order chi connectivity index (χ0) is 17.5. The zero-order valence-corrected chi connectivity index (χ0v) is 14.9. The summed E-state index contributed by atoms with van der Waals surface area (Å²) in [4.78, 5) is 15.3. The van der Waals surface area contributed by atoms with Crippen molar-refractivity contribution < 1.29 is 9.53 Å². The van der Waals surface area contributed by atoms with Crippen molar-refractivity contribution in [2.75, 3.05) is 11.9 Å². The van der Waals surface area contributed by atoms with Gasteiger partial charge in [0, 0.05) is 13.1 Å². The number of aryl methyl sites for hydroxylation is 1. The number of benzene rings is 1. The summed E-state index contributed by atoms with van der Waals surface area (Å²) in [6.07, 6.45) is 3.95. The van der Waals surface area contributed by atoms with Gasteiger partial charge in [-0.3, -0.25) is 4.79 Å². The first-order chi connectivity index (χ1) is 11.5. The molecule has 24 heavy (non-hydrogen) atoms. The van der Waals surface area contributed by atoms with Crippen LogP contribution in [-0.4, -0.2) is 17.5 Å². The van der Waals surface area contributed by atoms with Gasteiger partial charge in [0.05, 0.1) is 6.61 Å². The Morgan fingerprint density at radius 2 is 1.96 bits per heavy atom. The molecule has 1 aromatic heterocycles. The highest BCUT2D eigenvalue weighted by molar-refractivity contribution is 5.88. The summed E-state index contributed by atoms with van der Waals surface area (Å²) in [5, 5.41) is 2.71. The van der Waals surface area contributed by atoms with Crippen molar-refractivity contribution in [2.45, 2.75) is 40.5 Å². The fourth-order valence-electron chi connectivity index (χ4n) is 2.52. The van der Waals surface area contributed by atoms with Gasteiger partial charge < -0.3 is 10.1 Å². The molecule has 1 heterocycles. The van der Waals surface area contributed by atoms with Gasteiger partial charge in [-0.05, 0) is 66.6 Å². The average molecular weight is 326 g/mol. The summed E-state index contributed by atoms with van der Waals surface area (Å²) in [5.74, 6) is 2.08. The van der Waals surface area contributed by atoms with Crippen molar-refractivity contribution in [3.8, 4) is 16.9 Å². The van der Waals surface area contributed by atoms with Crippen LogP contribution in [0.4, 0.5) is 5.82 Å². The minimum absolute atomic E-state index is 0.124. The largest absolute Gasteiger partial charge is 0.493 e.